The predicted octanol–water partition coefficient (Wildman–Crippen LogP) is 0.331. The molecule has 82 valence electrons. The van der Waals surface area contributed by atoms with Crippen LogP contribution in [0.4, 0.5) is 4.79 Å². The summed E-state index contributed by atoms with van der Waals surface area (Å²) in [5.41, 5.74) is 3.12. The van der Waals surface area contributed by atoms with Gasteiger partial charge in [0, 0.05) is 19.1 Å². The maximum absolute atomic E-state index is 11.0. The molecule has 1 fully saturated rings. The third-order valence-electron chi connectivity index (χ3n) is 2.55. The van der Waals surface area contributed by atoms with E-state index in [4.69, 9.17) is 0 Å². The quantitative estimate of drug-likeness (QED) is 0.676. The Morgan fingerprint density at radius 3 is 2.86 bits per heavy atom. The number of nitrogens with zero attached hydrogens (tertiary/aromatic N) is 1. The van der Waals surface area contributed by atoms with E-state index >= 15 is 0 Å². The van der Waals surface area contributed by atoms with Crippen LogP contribution in [0, 0.1) is 0 Å². The Morgan fingerprint density at radius 1 is 1.43 bits per heavy atom. The minimum Gasteiger partial charge on any atom is -0.453 e. The molecule has 5 nitrogen and oxygen atoms in total. The van der Waals surface area contributed by atoms with Crippen LogP contribution in [-0.2, 0) is 4.74 Å². The number of carbonyl (C=O) groups excluding carboxylic acids is 1. The van der Waals surface area contributed by atoms with Gasteiger partial charge in [0.15, 0.2) is 0 Å². The highest BCUT2D eigenvalue weighted by Gasteiger charge is 2.17. The van der Waals surface area contributed by atoms with Crippen molar-refractivity contribution in [3.05, 3.63) is 0 Å². The first kappa shape index (κ1) is 11.3. The van der Waals surface area contributed by atoms with Gasteiger partial charge in [-0.3, -0.25) is 5.43 Å². The van der Waals surface area contributed by atoms with Crippen molar-refractivity contribution < 1.29 is 9.53 Å². The molecule has 0 saturated carbocycles. The van der Waals surface area contributed by atoms with Gasteiger partial charge in [0.25, 0.3) is 0 Å². The largest absolute Gasteiger partial charge is 0.453 e. The molecule has 0 bridgehead atoms. The average Bonchev–Trinajstić information content (AvgIpc) is 2.43. The van der Waals surface area contributed by atoms with Gasteiger partial charge in [-0.1, -0.05) is 0 Å². The molecule has 1 aliphatic heterocycles. The molecule has 14 heavy (non-hydrogen) atoms. The molecule has 0 aromatic heterocycles. The third-order valence-corrected chi connectivity index (χ3v) is 2.55. The van der Waals surface area contributed by atoms with Crippen molar-refractivity contribution in [2.24, 2.45) is 0 Å². The second-order valence-corrected chi connectivity index (χ2v) is 3.47. The molecule has 5 heteroatoms. The highest BCUT2D eigenvalue weighted by atomic mass is 16.5. The molecule has 0 aromatic carbocycles. The standard InChI is InChI=1S/C9H19N3O2/c1-10-12-6-3-4-8(5-7-12)11-9(13)14-2/h8,10H,3-7H2,1-2H3,(H,11,13). The van der Waals surface area contributed by atoms with E-state index in [1.807, 2.05) is 7.05 Å². The number of rotatable bonds is 2. The Morgan fingerprint density at radius 2 is 2.21 bits per heavy atom. The van der Waals surface area contributed by atoms with E-state index in [9.17, 15) is 4.79 Å². The summed E-state index contributed by atoms with van der Waals surface area (Å²) in [5.74, 6) is 0. The molecule has 1 aliphatic rings. The number of hydrogen-bond acceptors (Lipinski definition) is 4. The second kappa shape index (κ2) is 5.82. The maximum atomic E-state index is 11.0. The fraction of sp³-hybridized carbons (Fsp3) is 0.889. The van der Waals surface area contributed by atoms with Crippen molar-refractivity contribution >= 4 is 6.09 Å². The number of nitrogens with one attached hydrogen (secondary N) is 2. The van der Waals surface area contributed by atoms with Crippen LogP contribution >= 0.6 is 0 Å². The minimum absolute atomic E-state index is 0.251. The van der Waals surface area contributed by atoms with Crippen LogP contribution in [0.3, 0.4) is 0 Å². The average molecular weight is 201 g/mol. The van der Waals surface area contributed by atoms with Gasteiger partial charge in [-0.25, -0.2) is 9.80 Å². The van der Waals surface area contributed by atoms with Crippen LogP contribution in [0.5, 0.6) is 0 Å². The van der Waals surface area contributed by atoms with Crippen LogP contribution in [-0.4, -0.2) is 44.4 Å². The lowest BCUT2D eigenvalue weighted by molar-refractivity contribution is 0.164. The van der Waals surface area contributed by atoms with E-state index in [2.05, 4.69) is 20.5 Å². The van der Waals surface area contributed by atoms with Crippen LogP contribution in [0.2, 0.25) is 0 Å². The molecule has 0 aliphatic carbocycles. The highest BCUT2D eigenvalue weighted by Crippen LogP contribution is 2.09. The molecule has 1 heterocycles. The lowest BCUT2D eigenvalue weighted by Gasteiger charge is -2.18. The van der Waals surface area contributed by atoms with Crippen molar-refractivity contribution in [3.8, 4) is 0 Å². The number of hydrazine groups is 1. The van der Waals surface area contributed by atoms with E-state index in [1.165, 1.54) is 7.11 Å². The Balaban J connectivity index is 2.30. The molecular formula is C9H19N3O2. The molecule has 0 spiro atoms. The van der Waals surface area contributed by atoms with Gasteiger partial charge in [0.05, 0.1) is 7.11 Å². The van der Waals surface area contributed by atoms with Crippen LogP contribution < -0.4 is 10.7 Å². The van der Waals surface area contributed by atoms with Crippen LogP contribution in [0.15, 0.2) is 0 Å². The summed E-state index contributed by atoms with van der Waals surface area (Å²) in [7, 11) is 3.32. The van der Waals surface area contributed by atoms with Crippen molar-refractivity contribution in [3.63, 3.8) is 0 Å². The number of hydrogen-bond donors (Lipinski definition) is 2. The molecule has 0 aromatic rings. The van der Waals surface area contributed by atoms with E-state index in [0.29, 0.717) is 0 Å². The van der Waals surface area contributed by atoms with Gasteiger partial charge in [-0.2, -0.15) is 0 Å². The van der Waals surface area contributed by atoms with E-state index in [1.54, 1.807) is 0 Å². The fourth-order valence-corrected chi connectivity index (χ4v) is 1.69. The summed E-state index contributed by atoms with van der Waals surface area (Å²) in [4.78, 5) is 11.0. The Hall–Kier alpha value is -0.810. The highest BCUT2D eigenvalue weighted by molar-refractivity contribution is 5.67. The Kier molecular flexibility index (Phi) is 4.69. The van der Waals surface area contributed by atoms with Crippen LogP contribution in [0.25, 0.3) is 0 Å². The summed E-state index contributed by atoms with van der Waals surface area (Å²) in [6.45, 7) is 2.00. The molecule has 2 N–H and O–H groups in total. The first-order chi connectivity index (χ1) is 6.76. The van der Waals surface area contributed by atoms with Gasteiger partial charge in [0.2, 0.25) is 0 Å². The molecule has 0 radical (unpaired) electrons. The summed E-state index contributed by atoms with van der Waals surface area (Å²) in [6.07, 6.45) is 2.76. The topological polar surface area (TPSA) is 53.6 Å². The smallest absolute Gasteiger partial charge is 0.407 e. The second-order valence-electron chi connectivity index (χ2n) is 3.47. The lowest BCUT2D eigenvalue weighted by atomic mass is 10.1. The Bertz CT molecular complexity index is 187. The van der Waals surface area contributed by atoms with Gasteiger partial charge < -0.3 is 10.1 Å². The van der Waals surface area contributed by atoms with Crippen molar-refractivity contribution in [1.29, 1.82) is 0 Å². The van der Waals surface area contributed by atoms with Crippen molar-refractivity contribution in [2.75, 3.05) is 27.2 Å². The van der Waals surface area contributed by atoms with Gasteiger partial charge in [-0.15, -0.1) is 0 Å². The third kappa shape index (κ3) is 3.51. The summed E-state index contributed by atoms with van der Waals surface area (Å²) >= 11 is 0. The first-order valence-corrected chi connectivity index (χ1v) is 5.03. The van der Waals surface area contributed by atoms with Gasteiger partial charge >= 0.3 is 6.09 Å². The number of ether oxygens (including phenoxy) is 1. The normalized spacial score (nSPS) is 24.0. The van der Waals surface area contributed by atoms with Crippen molar-refractivity contribution in [1.82, 2.24) is 15.8 Å². The SMILES string of the molecule is CNN1CCCC(NC(=O)OC)CC1. The number of carbonyl (C=O) groups is 1. The zero-order valence-electron chi connectivity index (χ0n) is 8.88. The minimum atomic E-state index is -0.326. The number of alkyl carbamates (subject to hydrolysis) is 1. The monoisotopic (exact) mass is 201 g/mol. The van der Waals surface area contributed by atoms with E-state index in [-0.39, 0.29) is 12.1 Å². The lowest BCUT2D eigenvalue weighted by Crippen LogP contribution is -2.38. The molecule has 1 atom stereocenters. The molecule has 1 unspecified atom stereocenters. The Labute approximate surface area is 84.8 Å². The van der Waals surface area contributed by atoms with E-state index in [0.717, 1.165) is 32.4 Å². The van der Waals surface area contributed by atoms with Crippen molar-refractivity contribution in [2.45, 2.75) is 25.3 Å². The molecule has 1 rings (SSSR count). The van der Waals surface area contributed by atoms with Gasteiger partial charge in [0.1, 0.15) is 0 Å². The summed E-state index contributed by atoms with van der Waals surface area (Å²) < 4.78 is 4.57. The van der Waals surface area contributed by atoms with E-state index < -0.39 is 0 Å². The van der Waals surface area contributed by atoms with Gasteiger partial charge in [-0.05, 0) is 26.3 Å². The number of amides is 1. The molecule has 1 amide bonds. The fourth-order valence-electron chi connectivity index (χ4n) is 1.69. The number of methoxy groups -OCH3 is 1. The zero-order valence-corrected chi connectivity index (χ0v) is 8.88. The van der Waals surface area contributed by atoms with Crippen LogP contribution in [0.1, 0.15) is 19.3 Å². The first-order valence-electron chi connectivity index (χ1n) is 5.03. The summed E-state index contributed by atoms with van der Waals surface area (Å²) in [6, 6.07) is 0.251. The summed E-state index contributed by atoms with van der Waals surface area (Å²) in [5, 5.41) is 5.00. The predicted molar refractivity (Wildman–Crippen MR) is 53.8 cm³/mol. The molecular weight excluding hydrogens is 182 g/mol. The maximum Gasteiger partial charge on any atom is 0.407 e. The molecule has 1 saturated heterocycles. The zero-order chi connectivity index (χ0) is 10.4.